The van der Waals surface area contributed by atoms with Gasteiger partial charge in [-0.15, -0.1) is 0 Å². The number of aromatic nitrogens is 2. The Labute approximate surface area is 263 Å². The number of ether oxygens (including phenoxy) is 3. The van der Waals surface area contributed by atoms with Crippen LogP contribution in [-0.2, 0) is 17.6 Å². The first kappa shape index (κ1) is 33.1. The van der Waals surface area contributed by atoms with Crippen LogP contribution in [0.1, 0.15) is 55.5 Å². The molecular weight excluding hydrogens is 552 g/mol. The first-order valence-electron chi connectivity index (χ1n) is 15.7. The zero-order valence-electron chi connectivity index (χ0n) is 27.6. The molecule has 0 saturated heterocycles. The molecule has 0 saturated carbocycles. The lowest BCUT2D eigenvalue weighted by Crippen LogP contribution is -2.29. The number of hydrogen-bond donors (Lipinski definition) is 2. The third-order valence-corrected chi connectivity index (χ3v) is 8.42. The van der Waals surface area contributed by atoms with Gasteiger partial charge < -0.3 is 35.1 Å². The molecule has 0 radical (unpaired) electrons. The highest BCUT2D eigenvalue weighted by atomic mass is 16.5. The molecule has 4 rings (SSSR count). The standard InChI is InChI=1S/C35H50N6O3/c1-8-24-12-10-13-25-14-11-15-27(28(25)20-24)26(9-2)34-33(44-19-18-42-6)23-37-35(39-34)38-30-21-29(36)31(22-32(30)43-7)41(5)17-16-40(3)4/h9,11,14-15,21-24H,8,10,12-13,16-20,36H2,1-7H3,(H,37,38,39). The van der Waals surface area contributed by atoms with E-state index in [4.69, 9.17) is 24.9 Å². The third-order valence-electron chi connectivity index (χ3n) is 8.42. The number of nitrogen functional groups attached to an aromatic ring is 1. The summed E-state index contributed by atoms with van der Waals surface area (Å²) in [5.74, 6) is 2.38. The van der Waals surface area contributed by atoms with Crippen LogP contribution in [0.5, 0.6) is 11.5 Å². The highest BCUT2D eigenvalue weighted by Crippen LogP contribution is 2.39. The van der Waals surface area contributed by atoms with Gasteiger partial charge in [-0.1, -0.05) is 37.6 Å². The minimum atomic E-state index is 0.397. The van der Waals surface area contributed by atoms with E-state index in [-0.39, 0.29) is 0 Å². The van der Waals surface area contributed by atoms with E-state index in [0.29, 0.717) is 48.0 Å². The summed E-state index contributed by atoms with van der Waals surface area (Å²) in [4.78, 5) is 14.0. The van der Waals surface area contributed by atoms with Gasteiger partial charge in [0.1, 0.15) is 18.1 Å². The maximum absolute atomic E-state index is 6.54. The minimum Gasteiger partial charge on any atom is -0.494 e. The van der Waals surface area contributed by atoms with Crippen LogP contribution in [0.2, 0.25) is 0 Å². The second-order valence-corrected chi connectivity index (χ2v) is 11.7. The van der Waals surface area contributed by atoms with Gasteiger partial charge >= 0.3 is 0 Å². The fourth-order valence-electron chi connectivity index (χ4n) is 5.84. The second kappa shape index (κ2) is 15.8. The molecule has 1 heterocycles. The van der Waals surface area contributed by atoms with Gasteiger partial charge in [0.2, 0.25) is 5.95 Å². The van der Waals surface area contributed by atoms with Gasteiger partial charge in [0, 0.05) is 38.9 Å². The number of nitrogens with zero attached hydrogens (tertiary/aromatic N) is 4. The first-order chi connectivity index (χ1) is 21.3. The van der Waals surface area contributed by atoms with E-state index in [9.17, 15) is 0 Å². The summed E-state index contributed by atoms with van der Waals surface area (Å²) in [5.41, 5.74) is 14.6. The molecule has 1 aliphatic rings. The SMILES string of the molecule is CC=C(c1cccc2c1CC(CC)CCC2)c1nc(Nc2cc(N)c(N(C)CCN(C)C)cc2OC)ncc1OCCOC. The van der Waals surface area contributed by atoms with Crippen molar-refractivity contribution >= 4 is 28.6 Å². The molecule has 44 heavy (non-hydrogen) atoms. The number of aryl methyl sites for hydroxylation is 1. The summed E-state index contributed by atoms with van der Waals surface area (Å²) in [5, 5.41) is 3.37. The highest BCUT2D eigenvalue weighted by Gasteiger charge is 2.23. The zero-order chi connectivity index (χ0) is 31.6. The molecule has 9 nitrogen and oxygen atoms in total. The van der Waals surface area contributed by atoms with Crippen LogP contribution < -0.4 is 25.4 Å². The van der Waals surface area contributed by atoms with Crippen LogP contribution in [0.25, 0.3) is 5.57 Å². The van der Waals surface area contributed by atoms with E-state index in [1.807, 2.05) is 19.2 Å². The van der Waals surface area contributed by atoms with Crippen molar-refractivity contribution in [2.75, 3.05) is 77.6 Å². The predicted octanol–water partition coefficient (Wildman–Crippen LogP) is 6.19. The number of fused-ring (bicyclic) bond motifs is 1. The van der Waals surface area contributed by atoms with E-state index in [0.717, 1.165) is 42.9 Å². The maximum atomic E-state index is 6.54. The highest BCUT2D eigenvalue weighted by molar-refractivity contribution is 5.84. The van der Waals surface area contributed by atoms with Gasteiger partial charge in [-0.2, -0.15) is 0 Å². The fourth-order valence-corrected chi connectivity index (χ4v) is 5.84. The van der Waals surface area contributed by atoms with Gasteiger partial charge in [-0.25, -0.2) is 9.97 Å². The zero-order valence-corrected chi connectivity index (χ0v) is 27.6. The lowest BCUT2D eigenvalue weighted by molar-refractivity contribution is 0.145. The van der Waals surface area contributed by atoms with Crippen LogP contribution in [0.4, 0.5) is 23.0 Å². The van der Waals surface area contributed by atoms with Crippen LogP contribution in [0.15, 0.2) is 42.6 Å². The molecule has 0 fully saturated rings. The Hall–Kier alpha value is -3.82. The van der Waals surface area contributed by atoms with Gasteiger partial charge in [0.05, 0.1) is 37.0 Å². The lowest BCUT2D eigenvalue weighted by atomic mass is 9.87. The van der Waals surface area contributed by atoms with Gasteiger partial charge in [-0.3, -0.25) is 0 Å². The Bertz CT molecular complexity index is 1420. The Morgan fingerprint density at radius 1 is 1.11 bits per heavy atom. The fraction of sp³-hybridized carbons (Fsp3) is 0.486. The molecule has 1 unspecified atom stereocenters. The first-order valence-corrected chi connectivity index (χ1v) is 15.7. The number of nitrogens with one attached hydrogen (secondary N) is 1. The molecular formula is C35H50N6O3. The van der Waals surface area contributed by atoms with E-state index < -0.39 is 0 Å². The van der Waals surface area contributed by atoms with Crippen LogP contribution in [0.3, 0.4) is 0 Å². The predicted molar refractivity (Wildman–Crippen MR) is 182 cm³/mol. The van der Waals surface area contributed by atoms with Crippen molar-refractivity contribution in [1.29, 1.82) is 0 Å². The largest absolute Gasteiger partial charge is 0.494 e. The van der Waals surface area contributed by atoms with Gasteiger partial charge in [-0.05, 0) is 75.4 Å². The van der Waals surface area contributed by atoms with Crippen LogP contribution in [0, 0.1) is 5.92 Å². The average molecular weight is 603 g/mol. The van der Waals surface area contributed by atoms with Crippen molar-refractivity contribution in [3.05, 3.63) is 65.0 Å². The van der Waals surface area contributed by atoms with Crippen LogP contribution in [-0.4, -0.2) is 76.5 Å². The molecule has 0 spiro atoms. The maximum Gasteiger partial charge on any atom is 0.228 e. The number of benzene rings is 2. The van der Waals surface area contributed by atoms with Gasteiger partial charge in [0.25, 0.3) is 0 Å². The summed E-state index contributed by atoms with van der Waals surface area (Å²) in [6, 6.07) is 10.5. The average Bonchev–Trinajstić information content (AvgIpc) is 3.24. The van der Waals surface area contributed by atoms with Crippen molar-refractivity contribution in [3.8, 4) is 11.5 Å². The summed E-state index contributed by atoms with van der Waals surface area (Å²) in [6.07, 6.45) is 9.71. The smallest absolute Gasteiger partial charge is 0.228 e. The Morgan fingerprint density at radius 3 is 2.64 bits per heavy atom. The van der Waals surface area contributed by atoms with Gasteiger partial charge in [0.15, 0.2) is 5.75 Å². The molecule has 0 aliphatic heterocycles. The number of methoxy groups -OCH3 is 2. The summed E-state index contributed by atoms with van der Waals surface area (Å²) < 4.78 is 17.2. The topological polar surface area (TPSA) is 98.0 Å². The molecule has 0 amide bonds. The number of likely N-dealkylation sites (N-methyl/N-ethyl adjacent to an activating group) is 2. The molecule has 2 aromatic carbocycles. The van der Waals surface area contributed by atoms with E-state index in [2.05, 4.69) is 72.3 Å². The molecule has 9 heteroatoms. The molecule has 1 atom stereocenters. The molecule has 0 bridgehead atoms. The Kier molecular flexibility index (Phi) is 11.9. The van der Waals surface area contributed by atoms with Crippen molar-refractivity contribution in [2.45, 2.75) is 46.0 Å². The Morgan fingerprint density at radius 2 is 1.93 bits per heavy atom. The third kappa shape index (κ3) is 8.01. The molecule has 1 aromatic heterocycles. The summed E-state index contributed by atoms with van der Waals surface area (Å²) >= 11 is 0. The van der Waals surface area contributed by atoms with Crippen molar-refractivity contribution in [2.24, 2.45) is 5.92 Å². The molecule has 3 aromatic rings. The molecule has 1 aliphatic carbocycles. The van der Waals surface area contributed by atoms with Crippen molar-refractivity contribution < 1.29 is 14.2 Å². The van der Waals surface area contributed by atoms with Crippen molar-refractivity contribution in [1.82, 2.24) is 14.9 Å². The molecule has 238 valence electrons. The van der Waals surface area contributed by atoms with Crippen LogP contribution >= 0.6 is 0 Å². The minimum absolute atomic E-state index is 0.397. The number of allylic oxidation sites excluding steroid dienone is 1. The number of hydrogen-bond acceptors (Lipinski definition) is 9. The normalized spacial score (nSPS) is 15.1. The number of anilines is 4. The van der Waals surface area contributed by atoms with Crippen molar-refractivity contribution in [3.63, 3.8) is 0 Å². The molecule has 3 N–H and O–H groups in total. The summed E-state index contributed by atoms with van der Waals surface area (Å²) in [6.45, 7) is 6.97. The van der Waals surface area contributed by atoms with E-state index in [1.54, 1.807) is 20.4 Å². The van der Waals surface area contributed by atoms with E-state index in [1.165, 1.54) is 36.0 Å². The van der Waals surface area contributed by atoms with E-state index >= 15 is 0 Å². The number of nitrogens with two attached hydrogens (primary N) is 1. The second-order valence-electron chi connectivity index (χ2n) is 11.7. The monoisotopic (exact) mass is 602 g/mol. The lowest BCUT2D eigenvalue weighted by Gasteiger charge is -2.24. The number of rotatable bonds is 14. The quantitative estimate of drug-likeness (QED) is 0.127. The summed E-state index contributed by atoms with van der Waals surface area (Å²) in [7, 11) is 9.47. The Balaban J connectivity index is 1.73.